The number of nitrogens with zero attached hydrogens (tertiary/aromatic N) is 2. The van der Waals surface area contributed by atoms with Crippen molar-refractivity contribution in [2.45, 2.75) is 32.6 Å². The van der Waals surface area contributed by atoms with Crippen molar-refractivity contribution in [3.63, 3.8) is 0 Å². The summed E-state index contributed by atoms with van der Waals surface area (Å²) in [5.41, 5.74) is 1.77. The van der Waals surface area contributed by atoms with Gasteiger partial charge in [0.15, 0.2) is 0 Å². The molecule has 0 saturated carbocycles. The lowest BCUT2D eigenvalue weighted by Crippen LogP contribution is -2.36. The Kier molecular flexibility index (Phi) is 5.39. The Morgan fingerprint density at radius 2 is 1.89 bits per heavy atom. The number of H-pyrrole nitrogens is 1. The van der Waals surface area contributed by atoms with Gasteiger partial charge in [0.05, 0.1) is 11.6 Å². The molecule has 0 spiro atoms. The third-order valence-corrected chi connectivity index (χ3v) is 5.22. The van der Waals surface area contributed by atoms with E-state index in [4.69, 9.17) is 0 Å². The van der Waals surface area contributed by atoms with Gasteiger partial charge in [0.25, 0.3) is 11.5 Å². The highest BCUT2D eigenvalue weighted by Gasteiger charge is 2.41. The van der Waals surface area contributed by atoms with E-state index in [0.29, 0.717) is 24.1 Å². The highest BCUT2D eigenvalue weighted by Crippen LogP contribution is 2.33. The molecule has 142 valence electrons. The summed E-state index contributed by atoms with van der Waals surface area (Å²) < 4.78 is 0. The van der Waals surface area contributed by atoms with Gasteiger partial charge in [-0.05, 0) is 24.0 Å². The molecule has 0 bridgehead atoms. The number of benzene rings is 1. The van der Waals surface area contributed by atoms with Gasteiger partial charge in [-0.15, -0.1) is 0 Å². The average molecular weight is 369 g/mol. The monoisotopic (exact) mass is 369 g/mol. The fraction of sp³-hybridized carbons (Fsp3) is 0.400. The maximum absolute atomic E-state index is 13.1. The van der Waals surface area contributed by atoms with Crippen LogP contribution in [0.15, 0.2) is 35.1 Å². The van der Waals surface area contributed by atoms with Gasteiger partial charge in [-0.3, -0.25) is 14.4 Å². The number of nitrogens with one attached hydrogen (secondary N) is 1. The number of carbonyl (C=O) groups is 2. The number of likely N-dealkylation sites (tertiary alicyclic amines) is 1. The molecule has 1 aliphatic heterocycles. The van der Waals surface area contributed by atoms with E-state index in [1.54, 1.807) is 0 Å². The van der Waals surface area contributed by atoms with Crippen molar-refractivity contribution in [3.8, 4) is 0 Å². The number of hydrogen-bond acceptors (Lipinski definition) is 4. The Labute approximate surface area is 157 Å². The molecule has 0 aliphatic carbocycles. The first-order valence-corrected chi connectivity index (χ1v) is 9.15. The summed E-state index contributed by atoms with van der Waals surface area (Å²) in [4.78, 5) is 38.7. The second kappa shape index (κ2) is 7.73. The van der Waals surface area contributed by atoms with Gasteiger partial charge < -0.3 is 10.0 Å². The predicted molar refractivity (Wildman–Crippen MR) is 99.8 cm³/mol. The largest absolute Gasteiger partial charge is 0.481 e. The summed E-state index contributed by atoms with van der Waals surface area (Å²) in [6.45, 7) is 4.14. The third-order valence-electron chi connectivity index (χ3n) is 5.22. The number of carboxylic acid groups (broad SMARTS) is 1. The zero-order valence-electron chi connectivity index (χ0n) is 15.4. The van der Waals surface area contributed by atoms with Gasteiger partial charge in [-0.25, -0.2) is 5.10 Å². The summed E-state index contributed by atoms with van der Waals surface area (Å²) in [6.07, 6.45) is 1.12. The van der Waals surface area contributed by atoms with Crippen LogP contribution in [0.5, 0.6) is 0 Å². The van der Waals surface area contributed by atoms with E-state index in [0.717, 1.165) is 5.56 Å². The first-order valence-electron chi connectivity index (χ1n) is 9.15. The fourth-order valence-electron chi connectivity index (χ4n) is 3.84. The van der Waals surface area contributed by atoms with Crippen LogP contribution in [-0.4, -0.2) is 45.2 Å². The zero-order chi connectivity index (χ0) is 19.6. The molecule has 1 saturated heterocycles. The van der Waals surface area contributed by atoms with Crippen LogP contribution in [0.3, 0.4) is 0 Å². The number of rotatable bonds is 5. The van der Waals surface area contributed by atoms with Crippen molar-refractivity contribution in [2.24, 2.45) is 5.92 Å². The molecule has 2 N–H and O–H groups in total. The van der Waals surface area contributed by atoms with Gasteiger partial charge in [0.1, 0.15) is 5.56 Å². The minimum atomic E-state index is -0.937. The maximum atomic E-state index is 13.1. The minimum Gasteiger partial charge on any atom is -0.481 e. The molecular formula is C20H23N3O4. The smallest absolute Gasteiger partial charge is 0.308 e. The third kappa shape index (κ3) is 3.49. The Bertz CT molecular complexity index is 907. The molecule has 2 heterocycles. The van der Waals surface area contributed by atoms with E-state index >= 15 is 0 Å². The lowest BCUT2D eigenvalue weighted by Gasteiger charge is -2.18. The number of aromatic amines is 1. The summed E-state index contributed by atoms with van der Waals surface area (Å²) in [5, 5.41) is 16.1. The van der Waals surface area contributed by atoms with Crippen LogP contribution >= 0.6 is 0 Å². The van der Waals surface area contributed by atoms with Crippen LogP contribution < -0.4 is 5.56 Å². The number of hydrogen-bond donors (Lipinski definition) is 2. The van der Waals surface area contributed by atoms with E-state index in [2.05, 4.69) is 10.2 Å². The van der Waals surface area contributed by atoms with Crippen LogP contribution in [0.4, 0.5) is 0 Å². The number of carbonyl (C=O) groups excluding carboxylic acids is 1. The SMILES string of the molecule is CCc1n[nH]c(=O)c(C(=O)N2C[C@H](C(=O)O)[C@H](c3ccccc3)C2)c1CC. The number of amides is 1. The van der Waals surface area contributed by atoms with Gasteiger partial charge in [0.2, 0.25) is 0 Å². The molecule has 1 aromatic heterocycles. The number of carboxylic acids is 1. The van der Waals surface area contributed by atoms with Crippen LogP contribution in [0.25, 0.3) is 0 Å². The first kappa shape index (κ1) is 18.8. The molecule has 2 atom stereocenters. The average Bonchev–Trinajstić information content (AvgIpc) is 3.13. The highest BCUT2D eigenvalue weighted by molar-refractivity contribution is 5.96. The van der Waals surface area contributed by atoms with E-state index in [9.17, 15) is 19.5 Å². The van der Waals surface area contributed by atoms with Crippen molar-refractivity contribution >= 4 is 11.9 Å². The van der Waals surface area contributed by atoms with Crippen molar-refractivity contribution in [3.05, 3.63) is 63.1 Å². The molecule has 0 radical (unpaired) electrons. The van der Waals surface area contributed by atoms with Crippen LogP contribution in [0, 0.1) is 5.92 Å². The quantitative estimate of drug-likeness (QED) is 0.837. The molecule has 3 rings (SSSR count). The lowest BCUT2D eigenvalue weighted by molar-refractivity contribution is -0.141. The number of aryl methyl sites for hydroxylation is 1. The fourth-order valence-corrected chi connectivity index (χ4v) is 3.84. The van der Waals surface area contributed by atoms with Crippen molar-refractivity contribution in [1.82, 2.24) is 15.1 Å². The van der Waals surface area contributed by atoms with E-state index in [1.165, 1.54) is 4.90 Å². The molecule has 7 heteroatoms. The summed E-state index contributed by atoms with van der Waals surface area (Å²) in [6, 6.07) is 9.33. The Morgan fingerprint density at radius 1 is 1.19 bits per heavy atom. The second-order valence-electron chi connectivity index (χ2n) is 6.73. The van der Waals surface area contributed by atoms with Crippen LogP contribution in [0.2, 0.25) is 0 Å². The zero-order valence-corrected chi connectivity index (χ0v) is 15.4. The Morgan fingerprint density at radius 3 is 2.48 bits per heavy atom. The molecule has 27 heavy (non-hydrogen) atoms. The topological polar surface area (TPSA) is 103 Å². The molecule has 7 nitrogen and oxygen atoms in total. The van der Waals surface area contributed by atoms with Gasteiger partial charge in [-0.2, -0.15) is 5.10 Å². The van der Waals surface area contributed by atoms with E-state index in [1.807, 2.05) is 44.2 Å². The number of aliphatic carboxylic acids is 1. The molecule has 1 fully saturated rings. The van der Waals surface area contributed by atoms with E-state index in [-0.39, 0.29) is 24.6 Å². The summed E-state index contributed by atoms with van der Waals surface area (Å²) in [5.74, 6) is -2.36. The normalized spacial score (nSPS) is 19.3. The number of aromatic nitrogens is 2. The Balaban J connectivity index is 1.97. The van der Waals surface area contributed by atoms with Crippen LogP contribution in [-0.2, 0) is 17.6 Å². The second-order valence-corrected chi connectivity index (χ2v) is 6.73. The standard InChI is InChI=1S/C20H23N3O4/c1-3-13-16(4-2)21-22-18(24)17(13)19(25)23-10-14(15(11-23)20(26)27)12-8-6-5-7-9-12/h5-9,14-15H,3-4,10-11H2,1-2H3,(H,22,24)(H,26,27)/t14-,15-/m0/s1. The van der Waals surface area contributed by atoms with Crippen molar-refractivity contribution in [2.75, 3.05) is 13.1 Å². The molecule has 1 amide bonds. The van der Waals surface area contributed by atoms with E-state index < -0.39 is 23.4 Å². The van der Waals surface area contributed by atoms with Crippen molar-refractivity contribution in [1.29, 1.82) is 0 Å². The summed E-state index contributed by atoms with van der Waals surface area (Å²) in [7, 11) is 0. The van der Waals surface area contributed by atoms with Gasteiger partial charge >= 0.3 is 5.97 Å². The first-order chi connectivity index (χ1) is 13.0. The van der Waals surface area contributed by atoms with Crippen molar-refractivity contribution < 1.29 is 14.7 Å². The molecule has 0 unspecified atom stereocenters. The van der Waals surface area contributed by atoms with Crippen LogP contribution in [0.1, 0.15) is 46.9 Å². The van der Waals surface area contributed by atoms with Gasteiger partial charge in [-0.1, -0.05) is 44.2 Å². The predicted octanol–water partition coefficient (Wildman–Crippen LogP) is 1.84. The molecular weight excluding hydrogens is 346 g/mol. The Hall–Kier alpha value is -2.96. The highest BCUT2D eigenvalue weighted by atomic mass is 16.4. The molecule has 1 aliphatic rings. The van der Waals surface area contributed by atoms with Gasteiger partial charge in [0, 0.05) is 19.0 Å². The molecule has 1 aromatic carbocycles. The molecule has 2 aromatic rings. The minimum absolute atomic E-state index is 0.0834. The summed E-state index contributed by atoms with van der Waals surface area (Å²) >= 11 is 0. The lowest BCUT2D eigenvalue weighted by atomic mass is 9.89. The maximum Gasteiger partial charge on any atom is 0.308 e.